The van der Waals surface area contributed by atoms with E-state index in [9.17, 15) is 4.79 Å². The second kappa shape index (κ2) is 7.31. The number of carbonyl (C=O) groups excluding carboxylic acids is 1. The van der Waals surface area contributed by atoms with Crippen molar-refractivity contribution in [3.8, 4) is 5.75 Å². The minimum atomic E-state index is 0.163. The minimum Gasteiger partial charge on any atom is -0.494 e. The molecule has 0 spiro atoms. The van der Waals surface area contributed by atoms with Crippen molar-refractivity contribution in [2.75, 3.05) is 38.5 Å². The summed E-state index contributed by atoms with van der Waals surface area (Å²) in [4.78, 5) is 15.8. The largest absolute Gasteiger partial charge is 0.494 e. The Labute approximate surface area is 126 Å². The maximum atomic E-state index is 11.5. The third-order valence-electron chi connectivity index (χ3n) is 3.81. The van der Waals surface area contributed by atoms with E-state index in [1.165, 1.54) is 0 Å². The lowest BCUT2D eigenvalue weighted by atomic mass is 10.1. The van der Waals surface area contributed by atoms with Crippen molar-refractivity contribution in [2.24, 2.45) is 0 Å². The van der Waals surface area contributed by atoms with Gasteiger partial charge < -0.3 is 15.4 Å². The number of nitrogens with two attached hydrogens (primary N) is 1. The zero-order valence-corrected chi connectivity index (χ0v) is 13.0. The zero-order chi connectivity index (χ0) is 15.2. The predicted molar refractivity (Wildman–Crippen MR) is 84.2 cm³/mol. The lowest BCUT2D eigenvalue weighted by Crippen LogP contribution is -2.33. The Hall–Kier alpha value is -1.75. The van der Waals surface area contributed by atoms with Gasteiger partial charge in [-0.05, 0) is 31.5 Å². The van der Waals surface area contributed by atoms with Gasteiger partial charge in [0.25, 0.3) is 0 Å². The summed E-state index contributed by atoms with van der Waals surface area (Å²) in [5.41, 5.74) is 7.77. The highest BCUT2D eigenvalue weighted by Crippen LogP contribution is 2.23. The summed E-state index contributed by atoms with van der Waals surface area (Å²) < 4.78 is 5.68. The van der Waals surface area contributed by atoms with Gasteiger partial charge in [0, 0.05) is 50.9 Å². The predicted octanol–water partition coefficient (Wildman–Crippen LogP) is 1.72. The quantitative estimate of drug-likeness (QED) is 0.858. The Bertz CT molecular complexity index is 490. The molecule has 5 nitrogen and oxygen atoms in total. The van der Waals surface area contributed by atoms with E-state index in [-0.39, 0.29) is 5.91 Å². The van der Waals surface area contributed by atoms with Crippen LogP contribution in [0.25, 0.3) is 0 Å². The van der Waals surface area contributed by atoms with Crippen LogP contribution in [0.1, 0.15) is 25.8 Å². The van der Waals surface area contributed by atoms with Crippen LogP contribution < -0.4 is 10.5 Å². The minimum absolute atomic E-state index is 0.163. The molecule has 21 heavy (non-hydrogen) atoms. The summed E-state index contributed by atoms with van der Waals surface area (Å²) in [7, 11) is 0. The summed E-state index contributed by atoms with van der Waals surface area (Å²) in [6.07, 6.45) is 1.01. The molecule has 5 heteroatoms. The van der Waals surface area contributed by atoms with E-state index in [4.69, 9.17) is 10.5 Å². The molecule has 0 bridgehead atoms. The number of nitrogens with zero attached hydrogens (tertiary/aromatic N) is 2. The lowest BCUT2D eigenvalue weighted by molar-refractivity contribution is -0.128. The second-order valence-electron chi connectivity index (χ2n) is 5.44. The highest BCUT2D eigenvalue weighted by atomic mass is 16.5. The monoisotopic (exact) mass is 291 g/mol. The van der Waals surface area contributed by atoms with Crippen LogP contribution in [0.4, 0.5) is 5.69 Å². The fraction of sp³-hybridized carbons (Fsp3) is 0.562. The van der Waals surface area contributed by atoms with Crippen molar-refractivity contribution in [2.45, 2.75) is 26.8 Å². The molecule has 0 radical (unpaired) electrons. The van der Waals surface area contributed by atoms with Gasteiger partial charge in [0.05, 0.1) is 6.61 Å². The summed E-state index contributed by atoms with van der Waals surface area (Å²) in [5, 5.41) is 0. The molecule has 1 aliphatic rings. The molecule has 0 saturated carbocycles. The van der Waals surface area contributed by atoms with Gasteiger partial charge in [-0.1, -0.05) is 0 Å². The average Bonchev–Trinajstić information content (AvgIpc) is 2.68. The SMILES string of the molecule is CCOc1ccc(N)cc1CN1CCCN(C(C)=O)CC1. The molecule has 1 aromatic carbocycles. The summed E-state index contributed by atoms with van der Waals surface area (Å²) in [5.74, 6) is 1.06. The van der Waals surface area contributed by atoms with Gasteiger partial charge in [-0.2, -0.15) is 0 Å². The number of rotatable bonds is 4. The summed E-state index contributed by atoms with van der Waals surface area (Å²) in [6, 6.07) is 5.79. The fourth-order valence-corrected chi connectivity index (χ4v) is 2.70. The van der Waals surface area contributed by atoms with Crippen LogP contribution in [0.5, 0.6) is 5.75 Å². The third-order valence-corrected chi connectivity index (χ3v) is 3.81. The molecule has 1 amide bonds. The van der Waals surface area contributed by atoms with Crippen LogP contribution in [0.15, 0.2) is 18.2 Å². The maximum absolute atomic E-state index is 11.5. The van der Waals surface area contributed by atoms with E-state index in [2.05, 4.69) is 4.90 Å². The number of nitrogen functional groups attached to an aromatic ring is 1. The lowest BCUT2D eigenvalue weighted by Gasteiger charge is -2.22. The first kappa shape index (κ1) is 15.6. The van der Waals surface area contributed by atoms with Gasteiger partial charge in [0.15, 0.2) is 0 Å². The molecular formula is C16H25N3O2. The number of carbonyl (C=O) groups is 1. The van der Waals surface area contributed by atoms with Crippen molar-refractivity contribution in [3.05, 3.63) is 23.8 Å². The van der Waals surface area contributed by atoms with E-state index < -0.39 is 0 Å². The Morgan fingerprint density at radius 2 is 2.10 bits per heavy atom. The second-order valence-corrected chi connectivity index (χ2v) is 5.44. The molecule has 0 aliphatic carbocycles. The highest BCUT2D eigenvalue weighted by molar-refractivity contribution is 5.73. The molecule has 1 saturated heterocycles. The molecule has 1 aromatic rings. The number of anilines is 1. The van der Waals surface area contributed by atoms with Gasteiger partial charge in [0.1, 0.15) is 5.75 Å². The Balaban J connectivity index is 2.04. The normalized spacial score (nSPS) is 16.6. The van der Waals surface area contributed by atoms with Crippen LogP contribution in [-0.2, 0) is 11.3 Å². The fourth-order valence-electron chi connectivity index (χ4n) is 2.70. The Kier molecular flexibility index (Phi) is 5.44. The number of ether oxygens (including phenoxy) is 1. The van der Waals surface area contributed by atoms with Gasteiger partial charge >= 0.3 is 0 Å². The van der Waals surface area contributed by atoms with E-state index in [0.29, 0.717) is 6.61 Å². The average molecular weight is 291 g/mol. The Morgan fingerprint density at radius 3 is 2.81 bits per heavy atom. The van der Waals surface area contributed by atoms with Gasteiger partial charge in [-0.3, -0.25) is 9.69 Å². The van der Waals surface area contributed by atoms with Crippen molar-refractivity contribution in [1.82, 2.24) is 9.80 Å². The molecule has 2 N–H and O–H groups in total. The first-order valence-corrected chi connectivity index (χ1v) is 7.59. The van der Waals surface area contributed by atoms with Crippen molar-refractivity contribution in [1.29, 1.82) is 0 Å². The summed E-state index contributed by atoms with van der Waals surface area (Å²) >= 11 is 0. The molecule has 1 aliphatic heterocycles. The van der Waals surface area contributed by atoms with E-state index in [1.54, 1.807) is 6.92 Å². The van der Waals surface area contributed by atoms with E-state index in [0.717, 1.165) is 56.1 Å². The zero-order valence-electron chi connectivity index (χ0n) is 13.0. The molecule has 1 fully saturated rings. The van der Waals surface area contributed by atoms with Crippen LogP contribution in [0, 0.1) is 0 Å². The van der Waals surface area contributed by atoms with Crippen molar-refractivity contribution in [3.63, 3.8) is 0 Å². The number of benzene rings is 1. The molecule has 1 heterocycles. The van der Waals surface area contributed by atoms with E-state index in [1.807, 2.05) is 30.0 Å². The third kappa shape index (κ3) is 4.36. The van der Waals surface area contributed by atoms with Crippen molar-refractivity contribution >= 4 is 11.6 Å². The Morgan fingerprint density at radius 1 is 1.29 bits per heavy atom. The highest BCUT2D eigenvalue weighted by Gasteiger charge is 2.17. The molecule has 2 rings (SSSR count). The van der Waals surface area contributed by atoms with Crippen LogP contribution in [0.2, 0.25) is 0 Å². The van der Waals surface area contributed by atoms with Crippen LogP contribution in [-0.4, -0.2) is 48.5 Å². The molecule has 0 unspecified atom stereocenters. The molecule has 116 valence electrons. The first-order chi connectivity index (χ1) is 10.1. The van der Waals surface area contributed by atoms with Gasteiger partial charge in [0.2, 0.25) is 5.91 Å². The maximum Gasteiger partial charge on any atom is 0.219 e. The smallest absolute Gasteiger partial charge is 0.219 e. The number of hydrogen-bond acceptors (Lipinski definition) is 4. The van der Waals surface area contributed by atoms with E-state index >= 15 is 0 Å². The summed E-state index contributed by atoms with van der Waals surface area (Å²) in [6.45, 7) is 8.60. The number of amides is 1. The molecule has 0 atom stereocenters. The first-order valence-electron chi connectivity index (χ1n) is 7.59. The number of hydrogen-bond donors (Lipinski definition) is 1. The van der Waals surface area contributed by atoms with Crippen LogP contribution >= 0.6 is 0 Å². The molecular weight excluding hydrogens is 266 g/mol. The standard InChI is InChI=1S/C16H25N3O2/c1-3-21-16-6-5-15(17)11-14(16)12-18-7-4-8-19(10-9-18)13(2)20/h5-6,11H,3-4,7-10,12,17H2,1-2H3. The van der Waals surface area contributed by atoms with Crippen molar-refractivity contribution < 1.29 is 9.53 Å². The topological polar surface area (TPSA) is 58.8 Å². The van der Waals surface area contributed by atoms with Crippen LogP contribution in [0.3, 0.4) is 0 Å². The van der Waals surface area contributed by atoms with Gasteiger partial charge in [-0.15, -0.1) is 0 Å². The van der Waals surface area contributed by atoms with Gasteiger partial charge in [-0.25, -0.2) is 0 Å². The molecule has 0 aromatic heterocycles.